The van der Waals surface area contributed by atoms with Crippen LogP contribution in [0.3, 0.4) is 0 Å². The van der Waals surface area contributed by atoms with Crippen molar-refractivity contribution >= 4 is 0 Å². The molecule has 0 radical (unpaired) electrons. The fourth-order valence-corrected chi connectivity index (χ4v) is 2.35. The molecule has 0 aromatic heterocycles. The van der Waals surface area contributed by atoms with Crippen LogP contribution in [0.25, 0.3) is 0 Å². The maximum atomic E-state index is 10.5. The summed E-state index contributed by atoms with van der Waals surface area (Å²) in [6.45, 7) is -0.161. The smallest absolute Gasteiger partial charge is 0.161 e. The second kappa shape index (κ2) is 7.11. The third-order valence-corrected chi connectivity index (χ3v) is 3.55. The van der Waals surface area contributed by atoms with Gasteiger partial charge in [0.1, 0.15) is 0 Å². The number of hydrogen-bond donors (Lipinski definition) is 2. The number of aliphatic hydroxyl groups is 2. The maximum absolute atomic E-state index is 10.5. The summed E-state index contributed by atoms with van der Waals surface area (Å²) in [6.07, 6.45) is -0.783. The van der Waals surface area contributed by atoms with Gasteiger partial charge in [-0.15, -0.1) is 0 Å². The highest BCUT2D eigenvalue weighted by atomic mass is 16.5. The Balaban J connectivity index is 2.33. The Labute approximate surface area is 124 Å². The van der Waals surface area contributed by atoms with E-state index in [1.54, 1.807) is 26.4 Å². The number of methoxy groups -OCH3 is 2. The zero-order valence-corrected chi connectivity index (χ0v) is 12.2. The van der Waals surface area contributed by atoms with Crippen LogP contribution in [0.15, 0.2) is 48.5 Å². The number of benzene rings is 2. The lowest BCUT2D eigenvalue weighted by Crippen LogP contribution is -2.15. The highest BCUT2D eigenvalue weighted by molar-refractivity contribution is 5.44. The first-order valence-electron chi connectivity index (χ1n) is 6.77. The fourth-order valence-electron chi connectivity index (χ4n) is 2.35. The minimum Gasteiger partial charge on any atom is -0.493 e. The highest BCUT2D eigenvalue weighted by Crippen LogP contribution is 2.35. The van der Waals surface area contributed by atoms with Gasteiger partial charge in [0.25, 0.3) is 0 Å². The summed E-state index contributed by atoms with van der Waals surface area (Å²) in [6, 6.07) is 14.7. The first-order valence-corrected chi connectivity index (χ1v) is 6.77. The third kappa shape index (κ3) is 3.35. The van der Waals surface area contributed by atoms with Gasteiger partial charge in [-0.2, -0.15) is 0 Å². The van der Waals surface area contributed by atoms with Crippen LogP contribution in [0.5, 0.6) is 11.5 Å². The van der Waals surface area contributed by atoms with Gasteiger partial charge in [0.05, 0.1) is 26.9 Å². The van der Waals surface area contributed by atoms with E-state index in [-0.39, 0.29) is 6.61 Å². The van der Waals surface area contributed by atoms with E-state index in [4.69, 9.17) is 9.47 Å². The summed E-state index contributed by atoms with van der Waals surface area (Å²) in [5.74, 6) is 0.771. The summed E-state index contributed by atoms with van der Waals surface area (Å²) in [5, 5.41) is 20.2. The van der Waals surface area contributed by atoms with Crippen molar-refractivity contribution in [1.82, 2.24) is 0 Å². The van der Waals surface area contributed by atoms with Crippen LogP contribution >= 0.6 is 0 Å². The van der Waals surface area contributed by atoms with E-state index in [1.807, 2.05) is 36.4 Å². The second-order valence-electron chi connectivity index (χ2n) is 4.76. The minimum absolute atomic E-state index is 0.161. The van der Waals surface area contributed by atoms with Crippen LogP contribution in [0.1, 0.15) is 23.1 Å². The molecule has 4 nitrogen and oxygen atoms in total. The van der Waals surface area contributed by atoms with E-state index in [2.05, 4.69) is 0 Å². The molecule has 0 saturated carbocycles. The number of hydrogen-bond acceptors (Lipinski definition) is 4. The first-order chi connectivity index (χ1) is 10.2. The molecule has 2 rings (SSSR count). The van der Waals surface area contributed by atoms with Crippen molar-refractivity contribution in [3.63, 3.8) is 0 Å². The van der Waals surface area contributed by atoms with Gasteiger partial charge >= 0.3 is 0 Å². The predicted octanol–water partition coefficient (Wildman–Crippen LogP) is 2.51. The topological polar surface area (TPSA) is 58.9 Å². The van der Waals surface area contributed by atoms with Crippen molar-refractivity contribution in [2.45, 2.75) is 12.0 Å². The van der Waals surface area contributed by atoms with E-state index in [1.165, 1.54) is 0 Å². The van der Waals surface area contributed by atoms with Crippen LogP contribution in [0.4, 0.5) is 0 Å². The van der Waals surface area contributed by atoms with Gasteiger partial charge in [-0.3, -0.25) is 0 Å². The Hall–Kier alpha value is -2.04. The van der Waals surface area contributed by atoms with Gasteiger partial charge in [0.15, 0.2) is 11.5 Å². The Kier molecular flexibility index (Phi) is 5.20. The van der Waals surface area contributed by atoms with E-state index in [0.717, 1.165) is 11.1 Å². The van der Waals surface area contributed by atoms with E-state index in [9.17, 15) is 10.2 Å². The molecule has 21 heavy (non-hydrogen) atoms. The molecule has 112 valence electrons. The summed E-state index contributed by atoms with van der Waals surface area (Å²) in [4.78, 5) is 0. The van der Waals surface area contributed by atoms with Crippen molar-refractivity contribution in [2.75, 3.05) is 20.8 Å². The normalized spacial score (nSPS) is 13.5. The van der Waals surface area contributed by atoms with Gasteiger partial charge in [0.2, 0.25) is 0 Å². The van der Waals surface area contributed by atoms with Gasteiger partial charge in [-0.25, -0.2) is 0 Å². The minimum atomic E-state index is -0.783. The molecule has 2 atom stereocenters. The molecule has 0 unspecified atom stereocenters. The number of ether oxygens (including phenoxy) is 2. The Morgan fingerprint density at radius 3 is 2.14 bits per heavy atom. The molecule has 0 spiro atoms. The van der Waals surface area contributed by atoms with Crippen molar-refractivity contribution < 1.29 is 19.7 Å². The molecule has 0 heterocycles. The van der Waals surface area contributed by atoms with Crippen molar-refractivity contribution in [1.29, 1.82) is 0 Å². The molecule has 2 aromatic rings. The average Bonchev–Trinajstić information content (AvgIpc) is 2.56. The summed E-state index contributed by atoms with van der Waals surface area (Å²) in [7, 11) is 3.13. The molecular weight excluding hydrogens is 268 g/mol. The largest absolute Gasteiger partial charge is 0.493 e. The molecule has 0 fully saturated rings. The quantitative estimate of drug-likeness (QED) is 0.857. The lowest BCUT2D eigenvalue weighted by atomic mass is 9.89. The fraction of sp³-hybridized carbons (Fsp3) is 0.294. The SMILES string of the molecule is COc1ccc([C@@H](CO)[C@@H](O)c2ccccc2)cc1OC. The Morgan fingerprint density at radius 2 is 1.57 bits per heavy atom. The van der Waals surface area contributed by atoms with E-state index < -0.39 is 12.0 Å². The molecule has 0 amide bonds. The Morgan fingerprint density at radius 1 is 0.905 bits per heavy atom. The van der Waals surface area contributed by atoms with Gasteiger partial charge in [-0.05, 0) is 23.3 Å². The lowest BCUT2D eigenvalue weighted by Gasteiger charge is -2.22. The molecule has 2 aromatic carbocycles. The molecular formula is C17H20O4. The van der Waals surface area contributed by atoms with Crippen LogP contribution in [-0.4, -0.2) is 31.0 Å². The molecule has 0 aliphatic carbocycles. The van der Waals surface area contributed by atoms with Crippen LogP contribution in [-0.2, 0) is 0 Å². The Bertz CT molecular complexity index is 568. The lowest BCUT2D eigenvalue weighted by molar-refractivity contribution is 0.107. The van der Waals surface area contributed by atoms with Gasteiger partial charge < -0.3 is 19.7 Å². The van der Waals surface area contributed by atoms with Crippen molar-refractivity contribution in [3.8, 4) is 11.5 Å². The standard InChI is InChI=1S/C17H20O4/c1-20-15-9-8-13(10-16(15)21-2)14(11-18)17(19)12-6-4-3-5-7-12/h3-10,14,17-19H,11H2,1-2H3/t14-,17+/m1/s1. The second-order valence-corrected chi connectivity index (χ2v) is 4.76. The summed E-state index contributed by atoms with van der Waals surface area (Å²) >= 11 is 0. The first kappa shape index (κ1) is 15.4. The maximum Gasteiger partial charge on any atom is 0.161 e. The molecule has 2 N–H and O–H groups in total. The monoisotopic (exact) mass is 288 g/mol. The molecule has 0 aliphatic rings. The molecule has 0 aliphatic heterocycles. The van der Waals surface area contributed by atoms with E-state index >= 15 is 0 Å². The predicted molar refractivity (Wildman–Crippen MR) is 80.8 cm³/mol. The summed E-state index contributed by atoms with van der Waals surface area (Å²) < 4.78 is 10.5. The zero-order chi connectivity index (χ0) is 15.2. The molecule has 0 saturated heterocycles. The van der Waals surface area contributed by atoms with Crippen LogP contribution < -0.4 is 9.47 Å². The summed E-state index contributed by atoms with van der Waals surface area (Å²) in [5.41, 5.74) is 1.57. The van der Waals surface area contributed by atoms with Crippen LogP contribution in [0, 0.1) is 0 Å². The zero-order valence-electron chi connectivity index (χ0n) is 12.2. The van der Waals surface area contributed by atoms with Gasteiger partial charge in [-0.1, -0.05) is 36.4 Å². The van der Waals surface area contributed by atoms with Crippen LogP contribution in [0.2, 0.25) is 0 Å². The molecule has 4 heteroatoms. The van der Waals surface area contributed by atoms with Gasteiger partial charge in [0, 0.05) is 5.92 Å². The molecule has 0 bridgehead atoms. The van der Waals surface area contributed by atoms with Crippen molar-refractivity contribution in [2.24, 2.45) is 0 Å². The average molecular weight is 288 g/mol. The van der Waals surface area contributed by atoms with Crippen molar-refractivity contribution in [3.05, 3.63) is 59.7 Å². The third-order valence-electron chi connectivity index (χ3n) is 3.55. The highest BCUT2D eigenvalue weighted by Gasteiger charge is 2.23. The number of aliphatic hydroxyl groups excluding tert-OH is 2. The van der Waals surface area contributed by atoms with E-state index in [0.29, 0.717) is 11.5 Å². The number of rotatable bonds is 6.